The number of hydrogen-bond acceptors (Lipinski definition) is 3. The van der Waals surface area contributed by atoms with Crippen molar-refractivity contribution in [2.45, 2.75) is 6.54 Å². The minimum atomic E-state index is 0. The summed E-state index contributed by atoms with van der Waals surface area (Å²) in [5.74, 6) is 0. The molecule has 0 bridgehead atoms. The minimum absolute atomic E-state index is 0. The van der Waals surface area contributed by atoms with E-state index >= 15 is 0 Å². The van der Waals surface area contributed by atoms with Crippen molar-refractivity contribution in [1.82, 2.24) is 5.01 Å². The van der Waals surface area contributed by atoms with Gasteiger partial charge in [0.25, 0.3) is 0 Å². The van der Waals surface area contributed by atoms with Gasteiger partial charge in [-0.3, -0.25) is 0 Å². The third-order valence-electron chi connectivity index (χ3n) is 1.62. The molecular weight excluding hydrogens is 193 g/mol. The van der Waals surface area contributed by atoms with Crippen LogP contribution in [0.25, 0.3) is 0 Å². The molecule has 6 heteroatoms. The molecule has 0 saturated carbocycles. The maximum Gasteiger partial charge on any atom is 1.00 e. The van der Waals surface area contributed by atoms with Crippen molar-refractivity contribution in [1.29, 1.82) is 0 Å². The number of hydrogen-bond donors (Lipinski definition) is 0. The molecule has 5 nitrogen and oxygen atoms in total. The molecule has 0 radical (unpaired) electrons. The van der Waals surface area contributed by atoms with Crippen molar-refractivity contribution in [3.05, 3.63) is 46.3 Å². The molecule has 0 N–H and O–H groups in total. The van der Waals surface area contributed by atoms with Gasteiger partial charge in [-0.05, 0) is 10.8 Å². The zero-order valence-corrected chi connectivity index (χ0v) is 10.3. The van der Waals surface area contributed by atoms with Crippen LogP contribution in [0.1, 0.15) is 5.56 Å². The third kappa shape index (κ3) is 3.95. The third-order valence-corrected chi connectivity index (χ3v) is 1.62. The number of benzene rings is 1. The Labute approximate surface area is 104 Å². The van der Waals surface area contributed by atoms with E-state index in [1.165, 1.54) is 12.1 Å². The molecule has 0 saturated heterocycles. The topological polar surface area (TPSA) is 64.7 Å². The van der Waals surface area contributed by atoms with Crippen molar-refractivity contribution in [3.8, 4) is 0 Å². The van der Waals surface area contributed by atoms with E-state index in [9.17, 15) is 10.4 Å². The first-order valence-corrected chi connectivity index (χ1v) is 3.79. The van der Waals surface area contributed by atoms with Crippen LogP contribution in [0.5, 0.6) is 0 Å². The van der Waals surface area contributed by atoms with Gasteiger partial charge < -0.3 is 10.4 Å². The first-order valence-electron chi connectivity index (χ1n) is 3.79. The van der Waals surface area contributed by atoms with Crippen LogP contribution in [0.3, 0.4) is 0 Å². The van der Waals surface area contributed by atoms with Crippen LogP contribution in [0.15, 0.2) is 35.6 Å². The van der Waals surface area contributed by atoms with Gasteiger partial charge in [0.2, 0.25) is 0 Å². The van der Waals surface area contributed by atoms with E-state index < -0.39 is 0 Å². The molecule has 0 fully saturated rings. The van der Waals surface area contributed by atoms with E-state index in [2.05, 4.69) is 5.28 Å². The molecule has 0 atom stereocenters. The predicted molar refractivity (Wildman–Crippen MR) is 47.3 cm³/mol. The normalized spacial score (nSPS) is 10.5. The second kappa shape index (κ2) is 6.64. The van der Waals surface area contributed by atoms with E-state index in [-0.39, 0.29) is 34.5 Å². The molecule has 14 heavy (non-hydrogen) atoms. The fraction of sp³-hybridized carbons (Fsp3) is 0.250. The summed E-state index contributed by atoms with van der Waals surface area (Å²) in [6, 6.07) is 9.36. The standard InChI is InChI=1S/C8H11N3O2.Na/c1-10(11(13)9-12)7-8-5-3-2-4-6-8;/h2-6,12H,7H2,1H3;/q;+1/p-1. The van der Waals surface area contributed by atoms with Gasteiger partial charge in [0, 0.05) is 4.97 Å². The average molecular weight is 203 g/mol. The van der Waals surface area contributed by atoms with Crippen molar-refractivity contribution >= 4 is 0 Å². The molecule has 0 aliphatic carbocycles. The maximum absolute atomic E-state index is 10.7. The van der Waals surface area contributed by atoms with Crippen LogP contribution < -0.4 is 29.6 Å². The zero-order valence-electron chi connectivity index (χ0n) is 8.25. The van der Waals surface area contributed by atoms with E-state index in [0.717, 1.165) is 5.56 Å². The molecule has 1 aromatic rings. The second-order valence-corrected chi connectivity index (χ2v) is 2.64. The largest absolute Gasteiger partial charge is 1.00 e. The summed E-state index contributed by atoms with van der Waals surface area (Å²) in [7, 11) is 1.50. The summed E-state index contributed by atoms with van der Waals surface area (Å²) >= 11 is 0. The molecule has 1 rings (SSSR count). The van der Waals surface area contributed by atoms with Crippen LogP contribution in [-0.4, -0.2) is 17.0 Å². The maximum atomic E-state index is 10.7. The summed E-state index contributed by atoms with van der Waals surface area (Å²) in [6.45, 7) is 0.371. The number of nitrogens with zero attached hydrogens (tertiary/aromatic N) is 3. The fourth-order valence-corrected chi connectivity index (χ4v) is 0.970. The monoisotopic (exact) mass is 203 g/mol. The van der Waals surface area contributed by atoms with Gasteiger partial charge in [-0.2, -0.15) is 0 Å². The summed E-state index contributed by atoms with van der Waals surface area (Å²) in [5.41, 5.74) is 0.953. The first-order chi connectivity index (χ1) is 6.24. The summed E-state index contributed by atoms with van der Waals surface area (Å²) in [6.07, 6.45) is 0. The Balaban J connectivity index is 0.00000169. The summed E-state index contributed by atoms with van der Waals surface area (Å²) < 4.78 is 0. The molecule has 0 unspecified atom stereocenters. The molecular formula is C8H10N3NaO2. The van der Waals surface area contributed by atoms with Crippen LogP contribution >= 0.6 is 0 Å². The molecule has 0 heterocycles. The quantitative estimate of drug-likeness (QED) is 0.260. The van der Waals surface area contributed by atoms with Gasteiger partial charge in [-0.15, -0.1) is 5.01 Å². The van der Waals surface area contributed by atoms with E-state index in [1.54, 1.807) is 0 Å². The van der Waals surface area contributed by atoms with Gasteiger partial charge in [0.05, 0.1) is 7.05 Å². The smallest absolute Gasteiger partial charge is 0.737 e. The van der Waals surface area contributed by atoms with E-state index in [4.69, 9.17) is 0 Å². The Morgan fingerprint density at radius 1 is 1.36 bits per heavy atom. The number of hydrazine groups is 1. The second-order valence-electron chi connectivity index (χ2n) is 2.64. The Morgan fingerprint density at radius 2 is 1.93 bits per heavy atom. The summed E-state index contributed by atoms with van der Waals surface area (Å²) in [5, 5.41) is 24.0. The Kier molecular flexibility index (Phi) is 6.27. The van der Waals surface area contributed by atoms with Gasteiger partial charge in [-0.1, -0.05) is 30.3 Å². The fourth-order valence-electron chi connectivity index (χ4n) is 0.970. The summed E-state index contributed by atoms with van der Waals surface area (Å²) in [4.78, 5) is 0.0208. The zero-order chi connectivity index (χ0) is 9.68. The van der Waals surface area contributed by atoms with Crippen LogP contribution in [-0.2, 0) is 6.54 Å². The van der Waals surface area contributed by atoms with Gasteiger partial charge in [0.1, 0.15) is 6.54 Å². The van der Waals surface area contributed by atoms with Crippen molar-refractivity contribution in [2.75, 3.05) is 7.05 Å². The van der Waals surface area contributed by atoms with Crippen LogP contribution in [0, 0.1) is 10.4 Å². The van der Waals surface area contributed by atoms with Crippen molar-refractivity contribution < 1.29 is 34.5 Å². The molecule has 0 aliphatic heterocycles. The Bertz CT molecular complexity index is 292. The van der Waals surface area contributed by atoms with Crippen molar-refractivity contribution in [2.24, 2.45) is 5.28 Å². The Morgan fingerprint density at radius 3 is 2.43 bits per heavy atom. The molecule has 0 spiro atoms. The SMILES string of the molecule is CN(Cc1ccccc1)[N+]([O-])=N[O-].[Na+]. The van der Waals surface area contributed by atoms with E-state index in [0.29, 0.717) is 6.54 Å². The van der Waals surface area contributed by atoms with Crippen molar-refractivity contribution in [3.63, 3.8) is 0 Å². The first kappa shape index (κ1) is 13.2. The van der Waals surface area contributed by atoms with Gasteiger partial charge in [0.15, 0.2) is 0 Å². The van der Waals surface area contributed by atoms with E-state index in [1.807, 2.05) is 30.3 Å². The molecule has 0 aromatic heterocycles. The molecule has 70 valence electrons. The molecule has 1 aromatic carbocycles. The number of rotatable bonds is 3. The van der Waals surface area contributed by atoms with Crippen LogP contribution in [0.2, 0.25) is 0 Å². The minimum Gasteiger partial charge on any atom is -0.737 e. The molecule has 0 aliphatic rings. The molecule has 0 amide bonds. The predicted octanol–water partition coefficient (Wildman–Crippen LogP) is -1.50. The van der Waals surface area contributed by atoms with Crippen LogP contribution in [0.4, 0.5) is 0 Å². The average Bonchev–Trinajstić information content (AvgIpc) is 2.18. The van der Waals surface area contributed by atoms with Gasteiger partial charge in [-0.25, -0.2) is 0 Å². The Hall–Kier alpha value is -0.780. The van der Waals surface area contributed by atoms with Gasteiger partial charge >= 0.3 is 29.6 Å².